The Labute approximate surface area is 272 Å². The molecule has 5 aromatic carbocycles. The summed E-state index contributed by atoms with van der Waals surface area (Å²) in [5.41, 5.74) is 1.30. The third-order valence-electron chi connectivity index (χ3n) is 8.56. The Balaban J connectivity index is 1.56. The molecule has 0 fully saturated rings. The molecule has 0 spiro atoms. The summed E-state index contributed by atoms with van der Waals surface area (Å²) >= 11 is 0. The van der Waals surface area contributed by atoms with E-state index < -0.39 is 46.6 Å². The molecule has 9 heteroatoms. The Morgan fingerprint density at radius 2 is 0.917 bits per heavy atom. The predicted octanol–water partition coefficient (Wildman–Crippen LogP) is 10.7. The smallest absolute Gasteiger partial charge is 0.206 e. The molecule has 5 rings (SSSR count). The van der Waals surface area contributed by atoms with Crippen molar-refractivity contribution < 1.29 is 39.5 Å². The highest BCUT2D eigenvalue weighted by Gasteiger charge is 2.30. The molecule has 0 amide bonds. The molecule has 0 radical (unpaired) electrons. The number of aryl methyl sites for hydroxylation is 4. The summed E-state index contributed by atoms with van der Waals surface area (Å²) < 4.78 is 128. The molecule has 0 unspecified atom stereocenters. The first-order valence-electron chi connectivity index (χ1n) is 15.5. The van der Waals surface area contributed by atoms with E-state index in [2.05, 4.69) is 0 Å². The van der Waals surface area contributed by atoms with Crippen molar-refractivity contribution in [3.05, 3.63) is 176 Å². The monoisotopic (exact) mass is 670 g/mol. The third-order valence-corrected chi connectivity index (χ3v) is 8.56. The van der Waals surface area contributed by atoms with Gasteiger partial charge in [-0.15, -0.1) is 0 Å². The normalized spacial score (nSPS) is 11.7. The van der Waals surface area contributed by atoms with Gasteiger partial charge in [0.1, 0.15) is 11.6 Å². The lowest BCUT2D eigenvalue weighted by atomic mass is 9.85. The molecule has 0 atom stereocenters. The van der Waals surface area contributed by atoms with Gasteiger partial charge < -0.3 is 0 Å². The molecule has 0 heterocycles. The lowest BCUT2D eigenvalue weighted by molar-refractivity contribution is -0.137. The fourth-order valence-electron chi connectivity index (χ4n) is 5.96. The first kappa shape index (κ1) is 34.8. The first-order chi connectivity index (χ1) is 22.9. The van der Waals surface area contributed by atoms with E-state index in [1.54, 1.807) is 0 Å². The summed E-state index contributed by atoms with van der Waals surface area (Å²) in [5, 5.41) is 0. The molecule has 250 valence electrons. The predicted molar refractivity (Wildman–Crippen MR) is 167 cm³/mol. The van der Waals surface area contributed by atoms with Crippen LogP contribution in [0.2, 0.25) is 0 Å². The summed E-state index contributed by atoms with van der Waals surface area (Å²) in [7, 11) is 0. The van der Waals surface area contributed by atoms with Gasteiger partial charge >= 0.3 is 6.18 Å². The van der Waals surface area contributed by atoms with Crippen LogP contribution in [0.3, 0.4) is 0 Å². The molecular weight excluding hydrogens is 639 g/mol. The molecule has 0 aromatic heterocycles. The fraction of sp³-hybridized carbons (Fsp3) is 0.231. The largest absolute Gasteiger partial charge is 0.416 e. The van der Waals surface area contributed by atoms with E-state index in [0.717, 1.165) is 35.9 Å². The van der Waals surface area contributed by atoms with Crippen molar-refractivity contribution in [3.8, 4) is 0 Å². The van der Waals surface area contributed by atoms with Crippen molar-refractivity contribution in [3.63, 3.8) is 0 Å². The van der Waals surface area contributed by atoms with Crippen molar-refractivity contribution in [1.29, 1.82) is 0 Å². The van der Waals surface area contributed by atoms with Gasteiger partial charge in [-0.1, -0.05) is 60.7 Å². The second-order valence-corrected chi connectivity index (χ2v) is 11.7. The summed E-state index contributed by atoms with van der Waals surface area (Å²) in [5.74, 6) is -6.00. The van der Waals surface area contributed by atoms with Gasteiger partial charge in [0.2, 0.25) is 0 Å². The minimum absolute atomic E-state index is 0.00405. The van der Waals surface area contributed by atoms with Crippen LogP contribution in [0.15, 0.2) is 91.0 Å². The molecule has 48 heavy (non-hydrogen) atoms. The van der Waals surface area contributed by atoms with Crippen molar-refractivity contribution >= 4 is 0 Å². The SMILES string of the molecule is Fc1ccc(CCc2c(F)c(CCc3cccc(F)c3F)c(F)c(CCc3ccc(C(F)(F)F)cc3)c2CCc2ccccc2)cc1F. The molecule has 0 saturated carbocycles. The van der Waals surface area contributed by atoms with Crippen LogP contribution in [0.5, 0.6) is 0 Å². The van der Waals surface area contributed by atoms with E-state index >= 15 is 8.78 Å². The van der Waals surface area contributed by atoms with Gasteiger partial charge in [0, 0.05) is 5.56 Å². The molecular formula is C39H31F9. The van der Waals surface area contributed by atoms with Crippen molar-refractivity contribution in [2.24, 2.45) is 0 Å². The third kappa shape index (κ3) is 8.30. The maximum Gasteiger partial charge on any atom is 0.416 e. The summed E-state index contributed by atoms with van der Waals surface area (Å²) in [4.78, 5) is 0. The van der Waals surface area contributed by atoms with E-state index in [1.165, 1.54) is 30.3 Å². The summed E-state index contributed by atoms with van der Waals surface area (Å²) in [6, 6.07) is 20.7. The molecule has 0 N–H and O–H groups in total. The van der Waals surface area contributed by atoms with Gasteiger partial charge in [-0.25, -0.2) is 26.3 Å². The molecule has 0 nitrogen and oxygen atoms in total. The number of halogens is 9. The van der Waals surface area contributed by atoms with E-state index in [1.807, 2.05) is 30.3 Å². The van der Waals surface area contributed by atoms with Gasteiger partial charge in [0.15, 0.2) is 23.3 Å². The lowest BCUT2D eigenvalue weighted by Gasteiger charge is -2.21. The Bertz CT molecular complexity index is 1860. The zero-order valence-electron chi connectivity index (χ0n) is 25.7. The maximum absolute atomic E-state index is 16.5. The highest BCUT2D eigenvalue weighted by atomic mass is 19.4. The summed E-state index contributed by atoms with van der Waals surface area (Å²) in [6.07, 6.45) is -4.16. The molecule has 0 aliphatic heterocycles. The molecule has 5 aromatic rings. The Morgan fingerprint density at radius 1 is 0.375 bits per heavy atom. The average molecular weight is 671 g/mol. The van der Waals surface area contributed by atoms with Crippen LogP contribution in [0.1, 0.15) is 50.1 Å². The second-order valence-electron chi connectivity index (χ2n) is 11.7. The maximum atomic E-state index is 16.5. The number of hydrogen-bond donors (Lipinski definition) is 0. The van der Waals surface area contributed by atoms with Gasteiger partial charge in [0.05, 0.1) is 5.56 Å². The van der Waals surface area contributed by atoms with Crippen molar-refractivity contribution in [1.82, 2.24) is 0 Å². The Kier molecular flexibility index (Phi) is 11.0. The zero-order valence-corrected chi connectivity index (χ0v) is 25.7. The van der Waals surface area contributed by atoms with Crippen LogP contribution in [-0.4, -0.2) is 0 Å². The number of benzene rings is 5. The quantitative estimate of drug-likeness (QED) is 0.116. The number of rotatable bonds is 12. The van der Waals surface area contributed by atoms with Crippen molar-refractivity contribution in [2.45, 2.75) is 57.5 Å². The molecule has 0 aliphatic carbocycles. The minimum atomic E-state index is -4.52. The highest BCUT2D eigenvalue weighted by molar-refractivity contribution is 5.45. The highest BCUT2D eigenvalue weighted by Crippen LogP contribution is 2.33. The van der Waals surface area contributed by atoms with Crippen molar-refractivity contribution in [2.75, 3.05) is 0 Å². The van der Waals surface area contributed by atoms with E-state index in [-0.39, 0.29) is 67.2 Å². The lowest BCUT2D eigenvalue weighted by Crippen LogP contribution is -2.15. The first-order valence-corrected chi connectivity index (χ1v) is 15.5. The summed E-state index contributed by atoms with van der Waals surface area (Å²) in [6.45, 7) is 0. The molecule has 0 bridgehead atoms. The topological polar surface area (TPSA) is 0 Å². The van der Waals surface area contributed by atoms with E-state index in [4.69, 9.17) is 0 Å². The molecule has 0 saturated heterocycles. The second kappa shape index (κ2) is 15.1. The Hall–Kier alpha value is -4.53. The van der Waals surface area contributed by atoms with Gasteiger partial charge in [-0.2, -0.15) is 13.2 Å². The van der Waals surface area contributed by atoms with Gasteiger partial charge in [0.25, 0.3) is 0 Å². The van der Waals surface area contributed by atoms with Crippen LogP contribution in [-0.2, 0) is 57.5 Å². The van der Waals surface area contributed by atoms with Crippen LogP contribution in [0.25, 0.3) is 0 Å². The van der Waals surface area contributed by atoms with Gasteiger partial charge in [-0.05, 0) is 121 Å². The van der Waals surface area contributed by atoms with Crippen LogP contribution >= 0.6 is 0 Å². The van der Waals surface area contributed by atoms with Crippen LogP contribution in [0.4, 0.5) is 39.5 Å². The minimum Gasteiger partial charge on any atom is -0.206 e. The van der Waals surface area contributed by atoms with Crippen LogP contribution in [0, 0.1) is 34.9 Å². The number of hydrogen-bond acceptors (Lipinski definition) is 0. The average Bonchev–Trinajstić information content (AvgIpc) is 3.06. The van der Waals surface area contributed by atoms with Crippen LogP contribution < -0.4 is 0 Å². The van der Waals surface area contributed by atoms with E-state index in [0.29, 0.717) is 23.1 Å². The zero-order chi connectivity index (χ0) is 34.4. The fourth-order valence-corrected chi connectivity index (χ4v) is 5.96. The Morgan fingerprint density at radius 3 is 1.52 bits per heavy atom. The van der Waals surface area contributed by atoms with E-state index in [9.17, 15) is 30.7 Å². The molecule has 0 aliphatic rings. The number of alkyl halides is 3. The standard InChI is InChI=1S/C39H31F9/c40-33-22-14-26(23-35(33)42)13-20-31-29(18-11-24-5-2-1-3-6-24)30(19-12-25-9-16-28(17-10-25)39(46,47)48)37(44)32(38(31)45)21-15-27-7-4-8-34(41)36(27)43/h1-10,14,16-17,22-23H,11-13,15,18-21H2. The van der Waals surface area contributed by atoms with Gasteiger partial charge in [-0.3, -0.25) is 0 Å².